The summed E-state index contributed by atoms with van der Waals surface area (Å²) >= 11 is 3.63. The second-order valence-corrected chi connectivity index (χ2v) is 8.37. The molecule has 142 valence electrons. The van der Waals surface area contributed by atoms with E-state index in [-0.39, 0.29) is 5.78 Å². The Bertz CT molecular complexity index is 814. The minimum absolute atomic E-state index is 0.133. The third kappa shape index (κ3) is 5.14. The number of carbonyl (C=O) groups excluding carboxylic acids is 1. The first-order chi connectivity index (χ1) is 12.9. The molecule has 0 N–H and O–H groups in total. The summed E-state index contributed by atoms with van der Waals surface area (Å²) in [5.74, 6) is 0.732. The summed E-state index contributed by atoms with van der Waals surface area (Å²) in [6.07, 6.45) is 6.42. The van der Waals surface area contributed by atoms with Gasteiger partial charge in [-0.25, -0.2) is 0 Å². The molecule has 0 amide bonds. The van der Waals surface area contributed by atoms with E-state index in [4.69, 9.17) is 0 Å². The van der Waals surface area contributed by atoms with Gasteiger partial charge < -0.3 is 0 Å². The zero-order valence-corrected chi connectivity index (χ0v) is 17.9. The number of nitrogens with zero attached hydrogens (tertiary/aromatic N) is 2. The summed E-state index contributed by atoms with van der Waals surface area (Å²) in [6.45, 7) is 9.08. The van der Waals surface area contributed by atoms with Gasteiger partial charge in [0.05, 0.1) is 0 Å². The van der Waals surface area contributed by atoms with Gasteiger partial charge in [0, 0.05) is 34.0 Å². The van der Waals surface area contributed by atoms with E-state index in [0.29, 0.717) is 5.92 Å². The number of rotatable bonds is 5. The van der Waals surface area contributed by atoms with Gasteiger partial charge in [0.1, 0.15) is 0 Å². The number of hydrogen-bond acceptors (Lipinski definition) is 3. The van der Waals surface area contributed by atoms with Crippen molar-refractivity contribution in [1.82, 2.24) is 9.88 Å². The Morgan fingerprint density at radius 1 is 1.19 bits per heavy atom. The van der Waals surface area contributed by atoms with Crippen molar-refractivity contribution in [2.24, 2.45) is 0 Å². The molecule has 1 saturated heterocycles. The van der Waals surface area contributed by atoms with E-state index in [9.17, 15) is 4.79 Å². The van der Waals surface area contributed by atoms with Gasteiger partial charge in [-0.05, 0) is 64.3 Å². The minimum Gasteiger partial charge on any atom is -0.299 e. The highest BCUT2D eigenvalue weighted by Crippen LogP contribution is 2.29. The first-order valence-corrected chi connectivity index (χ1v) is 10.3. The molecule has 2 aromatic rings. The smallest absolute Gasteiger partial charge is 0.159 e. The van der Waals surface area contributed by atoms with Crippen LogP contribution in [0.2, 0.25) is 0 Å². The molecule has 1 aromatic heterocycles. The standard InChI is InChI=1S/C23H27BrN2O/c1-16(14-22-17(2)25-11-8-23(22)24)15-26-12-9-21(10-13-26)20-6-4-19(5-7-20)18(3)27/h4-8,11,14,21H,9-10,12-13,15H2,1-3H3/b16-14+. The molecule has 1 fully saturated rings. The number of carbonyl (C=O) groups is 1. The number of hydrogen-bond donors (Lipinski definition) is 0. The predicted molar refractivity (Wildman–Crippen MR) is 115 cm³/mol. The Hall–Kier alpha value is -1.78. The van der Waals surface area contributed by atoms with E-state index < -0.39 is 0 Å². The third-order valence-corrected chi connectivity index (χ3v) is 6.07. The second-order valence-electron chi connectivity index (χ2n) is 7.51. The molecule has 0 saturated carbocycles. The third-order valence-electron chi connectivity index (χ3n) is 5.38. The fourth-order valence-electron chi connectivity index (χ4n) is 3.78. The van der Waals surface area contributed by atoms with Crippen LogP contribution in [0.4, 0.5) is 0 Å². The van der Waals surface area contributed by atoms with Crippen LogP contribution < -0.4 is 0 Å². The van der Waals surface area contributed by atoms with Gasteiger partial charge in [0.25, 0.3) is 0 Å². The Kier molecular flexibility index (Phi) is 6.61. The minimum atomic E-state index is 0.133. The second kappa shape index (κ2) is 8.94. The molecule has 0 aliphatic carbocycles. The van der Waals surface area contributed by atoms with E-state index in [1.807, 2.05) is 31.3 Å². The van der Waals surface area contributed by atoms with Gasteiger partial charge in [-0.2, -0.15) is 0 Å². The van der Waals surface area contributed by atoms with E-state index in [2.05, 4.69) is 50.9 Å². The zero-order chi connectivity index (χ0) is 19.4. The van der Waals surface area contributed by atoms with Gasteiger partial charge >= 0.3 is 0 Å². The molecule has 4 heteroatoms. The molecular formula is C23H27BrN2O. The van der Waals surface area contributed by atoms with E-state index in [1.165, 1.54) is 29.5 Å². The van der Waals surface area contributed by atoms with Crippen LogP contribution in [0.1, 0.15) is 59.8 Å². The number of benzene rings is 1. The SMILES string of the molecule is CC(=O)c1ccc(C2CCN(C/C(C)=C/c3c(Br)ccnc3C)CC2)cc1. The van der Waals surface area contributed by atoms with Crippen LogP contribution >= 0.6 is 15.9 Å². The van der Waals surface area contributed by atoms with Gasteiger partial charge in [0.15, 0.2) is 5.78 Å². The summed E-state index contributed by atoms with van der Waals surface area (Å²) < 4.78 is 1.10. The van der Waals surface area contributed by atoms with Crippen LogP contribution in [-0.4, -0.2) is 35.3 Å². The summed E-state index contributed by atoms with van der Waals surface area (Å²) in [5, 5.41) is 0. The highest BCUT2D eigenvalue weighted by Gasteiger charge is 2.20. The Morgan fingerprint density at radius 2 is 1.85 bits per heavy atom. The lowest BCUT2D eigenvalue weighted by atomic mass is 9.88. The maximum Gasteiger partial charge on any atom is 0.159 e. The van der Waals surface area contributed by atoms with E-state index in [1.54, 1.807) is 6.92 Å². The number of aromatic nitrogens is 1. The first kappa shape index (κ1) is 20.0. The number of aryl methyl sites for hydroxylation is 1. The first-order valence-electron chi connectivity index (χ1n) is 9.55. The quantitative estimate of drug-likeness (QED) is 0.580. The number of Topliss-reactive ketones (excluding diaryl/α,β-unsaturated/α-hetero) is 1. The fraction of sp³-hybridized carbons (Fsp3) is 0.391. The maximum absolute atomic E-state index is 11.4. The monoisotopic (exact) mass is 426 g/mol. The zero-order valence-electron chi connectivity index (χ0n) is 16.3. The number of piperidine rings is 1. The molecule has 2 heterocycles. The molecule has 0 spiro atoms. The van der Waals surface area contributed by atoms with E-state index in [0.717, 1.165) is 35.4 Å². The lowest BCUT2D eigenvalue weighted by Gasteiger charge is -2.32. The number of likely N-dealkylation sites (tertiary alicyclic amines) is 1. The van der Waals surface area contributed by atoms with Crippen LogP contribution in [0.25, 0.3) is 6.08 Å². The number of pyridine rings is 1. The predicted octanol–water partition coefficient (Wildman–Crippen LogP) is 5.64. The van der Waals surface area contributed by atoms with Crippen LogP contribution in [0.15, 0.2) is 46.6 Å². The Labute approximate surface area is 170 Å². The molecule has 0 bridgehead atoms. The highest BCUT2D eigenvalue weighted by atomic mass is 79.9. The molecule has 3 nitrogen and oxygen atoms in total. The molecule has 1 aliphatic heterocycles. The summed E-state index contributed by atoms with van der Waals surface area (Å²) in [4.78, 5) is 18.4. The Balaban J connectivity index is 1.57. The van der Waals surface area contributed by atoms with Crippen molar-refractivity contribution in [2.75, 3.05) is 19.6 Å². The van der Waals surface area contributed by atoms with Crippen molar-refractivity contribution in [1.29, 1.82) is 0 Å². The van der Waals surface area contributed by atoms with Crippen molar-refractivity contribution in [2.45, 2.75) is 39.5 Å². The number of ketones is 1. The van der Waals surface area contributed by atoms with Crippen molar-refractivity contribution in [3.63, 3.8) is 0 Å². The van der Waals surface area contributed by atoms with Crippen molar-refractivity contribution >= 4 is 27.8 Å². The van der Waals surface area contributed by atoms with Gasteiger partial charge in [-0.3, -0.25) is 14.7 Å². The summed E-state index contributed by atoms with van der Waals surface area (Å²) in [5.41, 5.74) is 5.75. The average Bonchev–Trinajstić information content (AvgIpc) is 2.65. The highest BCUT2D eigenvalue weighted by molar-refractivity contribution is 9.10. The van der Waals surface area contributed by atoms with Crippen molar-refractivity contribution in [3.8, 4) is 0 Å². The summed E-state index contributed by atoms with van der Waals surface area (Å²) in [7, 11) is 0. The van der Waals surface area contributed by atoms with Crippen LogP contribution in [-0.2, 0) is 0 Å². The van der Waals surface area contributed by atoms with Crippen LogP contribution in [0.3, 0.4) is 0 Å². The number of halogens is 1. The van der Waals surface area contributed by atoms with Crippen molar-refractivity contribution in [3.05, 3.63) is 69.0 Å². The topological polar surface area (TPSA) is 33.2 Å². The van der Waals surface area contributed by atoms with Gasteiger partial charge in [-0.15, -0.1) is 0 Å². The normalized spacial score (nSPS) is 16.5. The van der Waals surface area contributed by atoms with Gasteiger partial charge in [-0.1, -0.05) is 51.8 Å². The van der Waals surface area contributed by atoms with Gasteiger partial charge in [0.2, 0.25) is 0 Å². The van der Waals surface area contributed by atoms with Crippen LogP contribution in [0, 0.1) is 6.92 Å². The molecule has 1 aromatic carbocycles. The lowest BCUT2D eigenvalue weighted by Crippen LogP contribution is -2.34. The average molecular weight is 427 g/mol. The molecule has 0 atom stereocenters. The maximum atomic E-state index is 11.4. The molecule has 3 rings (SSSR count). The van der Waals surface area contributed by atoms with Crippen molar-refractivity contribution < 1.29 is 4.79 Å². The molecule has 27 heavy (non-hydrogen) atoms. The van der Waals surface area contributed by atoms with E-state index >= 15 is 0 Å². The van der Waals surface area contributed by atoms with Crippen LogP contribution in [0.5, 0.6) is 0 Å². The molecule has 1 aliphatic rings. The molecular weight excluding hydrogens is 400 g/mol. The molecule has 0 unspecified atom stereocenters. The molecule has 0 radical (unpaired) electrons. The largest absolute Gasteiger partial charge is 0.299 e. The fourth-order valence-corrected chi connectivity index (χ4v) is 4.30. The lowest BCUT2D eigenvalue weighted by molar-refractivity contribution is 0.101. The Morgan fingerprint density at radius 3 is 2.44 bits per heavy atom. The summed E-state index contributed by atoms with van der Waals surface area (Å²) in [6, 6.07) is 10.2.